The van der Waals surface area contributed by atoms with Crippen LogP contribution in [0.5, 0.6) is 0 Å². The van der Waals surface area contributed by atoms with Gasteiger partial charge in [0.05, 0.1) is 0 Å². The molecule has 2 aliphatic rings. The second-order valence-electron chi connectivity index (χ2n) is 6.67. The molecular weight excluding hydrogens is 288 g/mol. The first-order valence-corrected chi connectivity index (χ1v) is 8.78. The number of carbonyl (C=O) groups is 1. The fraction of sp³-hybridized carbons (Fsp3) is 0.526. The first kappa shape index (κ1) is 14.8. The number of nitrogens with zero attached hydrogens (tertiary/aromatic N) is 2. The second kappa shape index (κ2) is 6.00. The van der Waals surface area contributed by atoms with Gasteiger partial charge in [0.1, 0.15) is 6.10 Å². The lowest BCUT2D eigenvalue weighted by molar-refractivity contribution is -0.141. The molecule has 1 fully saturated rings. The Hall–Kier alpha value is -1.81. The zero-order chi connectivity index (χ0) is 15.8. The van der Waals surface area contributed by atoms with Crippen molar-refractivity contribution < 1.29 is 9.53 Å². The molecule has 4 nitrogen and oxygen atoms in total. The van der Waals surface area contributed by atoms with Crippen molar-refractivity contribution in [2.24, 2.45) is 0 Å². The van der Waals surface area contributed by atoms with Crippen molar-refractivity contribution in [3.63, 3.8) is 0 Å². The van der Waals surface area contributed by atoms with E-state index in [4.69, 9.17) is 4.74 Å². The second-order valence-corrected chi connectivity index (χ2v) is 6.67. The summed E-state index contributed by atoms with van der Waals surface area (Å²) in [6.45, 7) is 5.49. The van der Waals surface area contributed by atoms with E-state index < -0.39 is 0 Å². The summed E-state index contributed by atoms with van der Waals surface area (Å²) in [6.07, 6.45) is 6.01. The van der Waals surface area contributed by atoms with Gasteiger partial charge in [-0.05, 0) is 42.9 Å². The number of aryl methyl sites for hydroxylation is 1. The number of aromatic nitrogens is 1. The van der Waals surface area contributed by atoms with Gasteiger partial charge in [-0.1, -0.05) is 19.1 Å². The topological polar surface area (TPSA) is 34.5 Å². The summed E-state index contributed by atoms with van der Waals surface area (Å²) in [5.74, 6) is 0.172. The highest BCUT2D eigenvalue weighted by atomic mass is 16.5. The van der Waals surface area contributed by atoms with E-state index in [0.717, 1.165) is 45.4 Å². The summed E-state index contributed by atoms with van der Waals surface area (Å²) in [4.78, 5) is 14.7. The van der Waals surface area contributed by atoms with Gasteiger partial charge in [-0.3, -0.25) is 4.79 Å². The van der Waals surface area contributed by atoms with Gasteiger partial charge < -0.3 is 14.2 Å². The normalized spacial score (nSPS) is 20.9. The standard InChI is InChI=1S/C19H24N2O2/c1-2-9-20-12-15-8-10-21(19(22)17-7-4-11-23-17)13-14-5-3-6-16(20)18(14)15/h3,5-6,12,17H,2,4,7-11,13H2,1H3/t17-/m0/s1. The molecule has 0 saturated carbocycles. The fourth-order valence-electron chi connectivity index (χ4n) is 3.97. The quantitative estimate of drug-likeness (QED) is 0.873. The molecule has 1 atom stereocenters. The molecule has 0 radical (unpaired) electrons. The van der Waals surface area contributed by atoms with E-state index in [1.165, 1.54) is 22.0 Å². The summed E-state index contributed by atoms with van der Waals surface area (Å²) in [5, 5.41) is 1.36. The van der Waals surface area contributed by atoms with E-state index in [1.54, 1.807) is 0 Å². The lowest BCUT2D eigenvalue weighted by Crippen LogP contribution is -2.39. The molecular formula is C19H24N2O2. The molecule has 0 bridgehead atoms. The molecule has 122 valence electrons. The number of ether oxygens (including phenoxy) is 1. The number of benzene rings is 1. The van der Waals surface area contributed by atoms with Crippen LogP contribution in [0.15, 0.2) is 24.4 Å². The summed E-state index contributed by atoms with van der Waals surface area (Å²) in [6, 6.07) is 6.49. The maximum absolute atomic E-state index is 12.7. The molecule has 1 aromatic heterocycles. The van der Waals surface area contributed by atoms with Crippen LogP contribution in [-0.2, 0) is 29.0 Å². The average Bonchev–Trinajstić information content (AvgIpc) is 3.16. The minimum atomic E-state index is -0.216. The molecule has 4 rings (SSSR count). The summed E-state index contributed by atoms with van der Waals surface area (Å²) in [7, 11) is 0. The van der Waals surface area contributed by atoms with Gasteiger partial charge in [-0.15, -0.1) is 0 Å². The van der Waals surface area contributed by atoms with Crippen molar-refractivity contribution >= 4 is 16.8 Å². The van der Waals surface area contributed by atoms with Crippen LogP contribution in [0.4, 0.5) is 0 Å². The minimum Gasteiger partial charge on any atom is -0.368 e. The van der Waals surface area contributed by atoms with Crippen molar-refractivity contribution in [1.29, 1.82) is 0 Å². The largest absolute Gasteiger partial charge is 0.368 e. The zero-order valence-corrected chi connectivity index (χ0v) is 13.8. The van der Waals surface area contributed by atoms with E-state index in [1.807, 2.05) is 4.90 Å². The first-order valence-electron chi connectivity index (χ1n) is 8.78. The molecule has 0 aliphatic carbocycles. The summed E-state index contributed by atoms with van der Waals surface area (Å²) >= 11 is 0. The Morgan fingerprint density at radius 3 is 3.04 bits per heavy atom. The molecule has 23 heavy (non-hydrogen) atoms. The number of amides is 1. The van der Waals surface area contributed by atoms with Gasteiger partial charge >= 0.3 is 0 Å². The van der Waals surface area contributed by atoms with E-state index >= 15 is 0 Å². The fourth-order valence-corrected chi connectivity index (χ4v) is 3.97. The summed E-state index contributed by atoms with van der Waals surface area (Å²) in [5.41, 5.74) is 3.97. The Morgan fingerprint density at radius 1 is 1.35 bits per heavy atom. The predicted octanol–water partition coefficient (Wildman–Crippen LogP) is 3.12. The van der Waals surface area contributed by atoms with E-state index in [0.29, 0.717) is 6.54 Å². The molecule has 3 heterocycles. The lowest BCUT2D eigenvalue weighted by Gasteiger charge is -2.24. The Bertz CT molecular complexity index is 728. The number of rotatable bonds is 3. The van der Waals surface area contributed by atoms with Crippen LogP contribution in [0.2, 0.25) is 0 Å². The van der Waals surface area contributed by atoms with Gasteiger partial charge in [-0.2, -0.15) is 0 Å². The third kappa shape index (κ3) is 2.55. The maximum atomic E-state index is 12.7. The smallest absolute Gasteiger partial charge is 0.252 e. The molecule has 0 N–H and O–H groups in total. The van der Waals surface area contributed by atoms with Crippen LogP contribution >= 0.6 is 0 Å². The highest BCUT2D eigenvalue weighted by molar-refractivity contribution is 5.89. The molecule has 0 spiro atoms. The van der Waals surface area contributed by atoms with Crippen molar-refractivity contribution in [2.75, 3.05) is 13.2 Å². The van der Waals surface area contributed by atoms with Gasteiger partial charge in [-0.25, -0.2) is 0 Å². The third-order valence-corrected chi connectivity index (χ3v) is 5.06. The van der Waals surface area contributed by atoms with Crippen molar-refractivity contribution in [2.45, 2.75) is 51.8 Å². The lowest BCUT2D eigenvalue weighted by atomic mass is 10.1. The van der Waals surface area contributed by atoms with Crippen molar-refractivity contribution in [1.82, 2.24) is 9.47 Å². The average molecular weight is 312 g/mol. The van der Waals surface area contributed by atoms with Crippen molar-refractivity contribution in [3.05, 3.63) is 35.5 Å². The number of hydrogen-bond donors (Lipinski definition) is 0. The maximum Gasteiger partial charge on any atom is 0.252 e. The van der Waals surface area contributed by atoms with Crippen LogP contribution in [0.3, 0.4) is 0 Å². The van der Waals surface area contributed by atoms with Gasteiger partial charge in [0.15, 0.2) is 0 Å². The van der Waals surface area contributed by atoms with Gasteiger partial charge in [0.25, 0.3) is 5.91 Å². The third-order valence-electron chi connectivity index (χ3n) is 5.06. The van der Waals surface area contributed by atoms with Crippen LogP contribution in [0, 0.1) is 0 Å². The molecule has 2 aliphatic heterocycles. The molecule has 4 heteroatoms. The minimum absolute atomic E-state index is 0.172. The van der Waals surface area contributed by atoms with Crippen LogP contribution in [0.1, 0.15) is 37.3 Å². The van der Waals surface area contributed by atoms with E-state index in [9.17, 15) is 4.79 Å². The number of hydrogen-bond acceptors (Lipinski definition) is 2. The monoisotopic (exact) mass is 312 g/mol. The SMILES string of the molecule is CCCn1cc2c3c(cccc31)CN(C(=O)[C@@H]1CCCO1)CC2. The summed E-state index contributed by atoms with van der Waals surface area (Å²) < 4.78 is 7.96. The molecule has 1 saturated heterocycles. The van der Waals surface area contributed by atoms with Crippen LogP contribution < -0.4 is 0 Å². The highest BCUT2D eigenvalue weighted by Crippen LogP contribution is 2.30. The first-order chi connectivity index (χ1) is 11.3. The zero-order valence-electron chi connectivity index (χ0n) is 13.8. The highest BCUT2D eigenvalue weighted by Gasteiger charge is 2.30. The Morgan fingerprint density at radius 2 is 2.26 bits per heavy atom. The molecule has 1 amide bonds. The van der Waals surface area contributed by atoms with Gasteiger partial charge in [0.2, 0.25) is 0 Å². The van der Waals surface area contributed by atoms with Crippen LogP contribution in [-0.4, -0.2) is 34.6 Å². The Kier molecular flexibility index (Phi) is 3.85. The van der Waals surface area contributed by atoms with Gasteiger partial charge in [0, 0.05) is 43.3 Å². The number of carbonyl (C=O) groups excluding carboxylic acids is 1. The van der Waals surface area contributed by atoms with E-state index in [-0.39, 0.29) is 12.0 Å². The molecule has 2 aromatic rings. The predicted molar refractivity (Wildman–Crippen MR) is 90.3 cm³/mol. The van der Waals surface area contributed by atoms with E-state index in [2.05, 4.69) is 35.9 Å². The van der Waals surface area contributed by atoms with Crippen LogP contribution in [0.25, 0.3) is 10.9 Å². The Labute approximate surface area is 137 Å². The molecule has 1 aromatic carbocycles. The molecule has 0 unspecified atom stereocenters. The van der Waals surface area contributed by atoms with Crippen molar-refractivity contribution in [3.8, 4) is 0 Å². The Balaban J connectivity index is 1.67.